The van der Waals surface area contributed by atoms with Crippen LogP contribution < -0.4 is 10.1 Å². The first-order chi connectivity index (χ1) is 15.5. The fourth-order valence-electron chi connectivity index (χ4n) is 4.20. The Morgan fingerprint density at radius 2 is 1.91 bits per heavy atom. The maximum absolute atomic E-state index is 12.6. The molecular formula is C24H21ClN2O5. The number of carbonyl (C=O) groups is 1. The van der Waals surface area contributed by atoms with Crippen molar-refractivity contribution < 1.29 is 23.9 Å². The minimum absolute atomic E-state index is 0.0376. The Bertz CT molecular complexity index is 1230. The van der Waals surface area contributed by atoms with E-state index in [0.29, 0.717) is 28.3 Å². The van der Waals surface area contributed by atoms with Gasteiger partial charge in [0.1, 0.15) is 0 Å². The lowest BCUT2D eigenvalue weighted by Gasteiger charge is -2.34. The first kappa shape index (κ1) is 20.6. The summed E-state index contributed by atoms with van der Waals surface area (Å²) in [5.41, 5.74) is 4.10. The van der Waals surface area contributed by atoms with Crippen molar-refractivity contribution in [1.29, 1.82) is 0 Å². The number of fused-ring (bicyclic) bond motifs is 1. The Balaban J connectivity index is 1.50. The van der Waals surface area contributed by atoms with Gasteiger partial charge in [-0.2, -0.15) is 0 Å². The van der Waals surface area contributed by atoms with Gasteiger partial charge in [0, 0.05) is 18.2 Å². The molecule has 32 heavy (non-hydrogen) atoms. The lowest BCUT2D eigenvalue weighted by molar-refractivity contribution is -0.110. The number of ether oxygens (including phenoxy) is 2. The van der Waals surface area contributed by atoms with E-state index in [0.717, 1.165) is 24.0 Å². The molecule has 0 saturated heterocycles. The smallest absolute Gasteiger partial charge is 0.260 e. The first-order valence-corrected chi connectivity index (χ1v) is 10.6. The predicted molar refractivity (Wildman–Crippen MR) is 121 cm³/mol. The Morgan fingerprint density at radius 1 is 1.16 bits per heavy atom. The molecule has 3 aromatic rings. The van der Waals surface area contributed by atoms with Crippen LogP contribution >= 0.6 is 11.6 Å². The van der Waals surface area contributed by atoms with E-state index in [1.165, 1.54) is 18.7 Å². The molecular weight excluding hydrogens is 432 g/mol. The van der Waals surface area contributed by atoms with Crippen LogP contribution in [0.3, 0.4) is 0 Å². The third-order valence-electron chi connectivity index (χ3n) is 6.14. The second-order valence-electron chi connectivity index (χ2n) is 7.94. The molecule has 1 fully saturated rings. The van der Waals surface area contributed by atoms with E-state index in [1.807, 2.05) is 12.1 Å². The Morgan fingerprint density at radius 3 is 2.56 bits per heavy atom. The summed E-state index contributed by atoms with van der Waals surface area (Å²) in [5.74, 6) is -0.0225. The Kier molecular flexibility index (Phi) is 5.15. The van der Waals surface area contributed by atoms with Crippen molar-refractivity contribution in [1.82, 2.24) is 5.16 Å². The van der Waals surface area contributed by atoms with Gasteiger partial charge in [0.15, 0.2) is 5.76 Å². The van der Waals surface area contributed by atoms with Crippen LogP contribution in [0.2, 0.25) is 5.02 Å². The zero-order chi connectivity index (χ0) is 22.4. The molecule has 2 heterocycles. The van der Waals surface area contributed by atoms with Crippen LogP contribution in [-0.2, 0) is 9.53 Å². The van der Waals surface area contributed by atoms with E-state index in [2.05, 4.69) is 22.6 Å². The molecule has 2 aliphatic rings. The molecule has 8 heteroatoms. The van der Waals surface area contributed by atoms with Gasteiger partial charge in [-0.05, 0) is 47.2 Å². The molecule has 0 radical (unpaired) electrons. The van der Waals surface area contributed by atoms with Crippen molar-refractivity contribution in [2.75, 3.05) is 19.5 Å². The largest absolute Gasteiger partial charge is 0.504 e. The highest BCUT2D eigenvalue weighted by Gasteiger charge is 2.32. The summed E-state index contributed by atoms with van der Waals surface area (Å²) >= 11 is 6.54. The molecule has 1 saturated carbocycles. The van der Waals surface area contributed by atoms with Gasteiger partial charge in [-0.25, -0.2) is 0 Å². The highest BCUT2D eigenvalue weighted by molar-refractivity contribution is 6.38. The predicted octanol–water partition coefficient (Wildman–Crippen LogP) is 5.27. The third-order valence-corrected chi connectivity index (χ3v) is 6.45. The molecule has 0 bridgehead atoms. The van der Waals surface area contributed by atoms with Crippen LogP contribution in [0.1, 0.15) is 35.6 Å². The summed E-state index contributed by atoms with van der Waals surface area (Å²) in [6.45, 7) is 0. The molecule has 1 amide bonds. The molecule has 1 aromatic heterocycles. The van der Waals surface area contributed by atoms with E-state index in [1.54, 1.807) is 19.2 Å². The molecule has 7 nitrogen and oxygen atoms in total. The standard InChI is InChI=1S/C24H21ClN2O5/c1-30-15-7-14(8-15)12-3-5-13(6-4-12)16-9-17-19(10-18(16)25)26-24(29)22(17)23(28)20-11-21(31-2)27-32-20/h3-6,9-11,14-15,28H,7-8H2,1-2H3,(H,26,29). The lowest BCUT2D eigenvalue weighted by Crippen LogP contribution is -2.28. The first-order valence-electron chi connectivity index (χ1n) is 10.2. The fraction of sp³-hybridized carbons (Fsp3) is 0.250. The van der Waals surface area contributed by atoms with Crippen LogP contribution in [-0.4, -0.2) is 36.5 Å². The molecule has 2 N–H and O–H groups in total. The van der Waals surface area contributed by atoms with Gasteiger partial charge in [0.2, 0.25) is 5.76 Å². The maximum Gasteiger partial charge on any atom is 0.260 e. The summed E-state index contributed by atoms with van der Waals surface area (Å²) in [6.07, 6.45) is 2.41. The topological polar surface area (TPSA) is 93.8 Å². The molecule has 2 aromatic carbocycles. The van der Waals surface area contributed by atoms with Crippen molar-refractivity contribution >= 4 is 34.5 Å². The number of benzene rings is 2. The molecule has 1 aliphatic carbocycles. The molecule has 164 valence electrons. The second kappa shape index (κ2) is 8.00. The maximum atomic E-state index is 12.6. The van der Waals surface area contributed by atoms with Gasteiger partial charge in [-0.3, -0.25) is 4.79 Å². The van der Waals surface area contributed by atoms with Crippen LogP contribution in [0.25, 0.3) is 22.5 Å². The molecule has 1 aliphatic heterocycles. The van der Waals surface area contributed by atoms with Crippen molar-refractivity contribution in [2.45, 2.75) is 24.9 Å². The lowest BCUT2D eigenvalue weighted by atomic mass is 9.77. The van der Waals surface area contributed by atoms with Crippen LogP contribution in [0.5, 0.6) is 5.88 Å². The normalized spacial score (nSPS) is 21.0. The number of methoxy groups -OCH3 is 2. The van der Waals surface area contributed by atoms with Gasteiger partial charge in [-0.1, -0.05) is 35.9 Å². The van der Waals surface area contributed by atoms with Gasteiger partial charge < -0.3 is 24.4 Å². The number of halogens is 1. The number of amides is 1. The molecule has 0 spiro atoms. The number of hydrogen-bond acceptors (Lipinski definition) is 6. The van der Waals surface area contributed by atoms with Gasteiger partial charge >= 0.3 is 0 Å². The summed E-state index contributed by atoms with van der Waals surface area (Å²) < 4.78 is 15.5. The SMILES string of the molecule is COc1cc(C(O)=C2C(=O)Nc3cc(Cl)c(-c4ccc(C5CC(OC)C5)cc4)cc32)on1. The van der Waals surface area contributed by atoms with E-state index >= 15 is 0 Å². The Labute approximate surface area is 189 Å². The highest BCUT2D eigenvalue weighted by atomic mass is 35.5. The Hall–Kier alpha value is -3.29. The number of nitrogens with one attached hydrogen (secondary N) is 1. The number of anilines is 1. The number of aliphatic hydroxyl groups is 1. The third kappa shape index (κ3) is 3.43. The number of aromatic nitrogens is 1. The second-order valence-corrected chi connectivity index (χ2v) is 8.34. The number of carbonyl (C=O) groups excluding carboxylic acids is 1. The summed E-state index contributed by atoms with van der Waals surface area (Å²) in [5, 5.41) is 17.7. The number of hydrogen-bond donors (Lipinski definition) is 2. The fourth-order valence-corrected chi connectivity index (χ4v) is 4.47. The van der Waals surface area contributed by atoms with Gasteiger partial charge in [0.25, 0.3) is 11.8 Å². The summed E-state index contributed by atoms with van der Waals surface area (Å²) in [6, 6.07) is 13.2. The van der Waals surface area contributed by atoms with E-state index in [-0.39, 0.29) is 23.0 Å². The summed E-state index contributed by atoms with van der Waals surface area (Å²) in [7, 11) is 3.18. The quantitative estimate of drug-likeness (QED) is 0.404. The average molecular weight is 453 g/mol. The summed E-state index contributed by atoms with van der Waals surface area (Å²) in [4.78, 5) is 12.6. The number of rotatable bonds is 5. The van der Waals surface area contributed by atoms with Crippen LogP contribution in [0, 0.1) is 0 Å². The highest BCUT2D eigenvalue weighted by Crippen LogP contribution is 2.43. The van der Waals surface area contributed by atoms with E-state index < -0.39 is 5.91 Å². The average Bonchev–Trinajstić information content (AvgIpc) is 3.36. The monoisotopic (exact) mass is 452 g/mol. The van der Waals surface area contributed by atoms with Crippen molar-refractivity contribution in [3.05, 3.63) is 64.4 Å². The van der Waals surface area contributed by atoms with Crippen LogP contribution in [0.4, 0.5) is 5.69 Å². The number of nitrogens with zero attached hydrogens (tertiary/aromatic N) is 1. The minimum Gasteiger partial charge on any atom is -0.504 e. The van der Waals surface area contributed by atoms with Crippen molar-refractivity contribution in [3.63, 3.8) is 0 Å². The minimum atomic E-state index is -0.450. The molecule has 0 unspecified atom stereocenters. The van der Waals surface area contributed by atoms with Gasteiger partial charge in [-0.15, -0.1) is 0 Å². The molecule has 5 rings (SSSR count). The van der Waals surface area contributed by atoms with E-state index in [4.69, 9.17) is 25.6 Å². The van der Waals surface area contributed by atoms with Crippen molar-refractivity contribution in [2.24, 2.45) is 0 Å². The number of aliphatic hydroxyl groups excluding tert-OH is 1. The van der Waals surface area contributed by atoms with Crippen molar-refractivity contribution in [3.8, 4) is 17.0 Å². The van der Waals surface area contributed by atoms with Crippen LogP contribution in [0.15, 0.2) is 47.0 Å². The van der Waals surface area contributed by atoms with E-state index in [9.17, 15) is 9.90 Å². The van der Waals surface area contributed by atoms with Gasteiger partial charge in [0.05, 0.1) is 35.6 Å². The zero-order valence-corrected chi connectivity index (χ0v) is 18.3. The molecule has 0 atom stereocenters. The zero-order valence-electron chi connectivity index (χ0n) is 17.5.